The number of hydrogen-bond acceptors (Lipinski definition) is 1. The number of piperidine rings is 1. The van der Waals surface area contributed by atoms with Crippen LogP contribution in [0.15, 0.2) is 53.1 Å². The first kappa shape index (κ1) is 14.9. The second-order valence-corrected chi connectivity index (χ2v) is 6.79. The van der Waals surface area contributed by atoms with Crippen molar-refractivity contribution < 1.29 is 4.39 Å². The molecule has 0 amide bonds. The van der Waals surface area contributed by atoms with Gasteiger partial charge in [-0.3, -0.25) is 0 Å². The van der Waals surface area contributed by atoms with E-state index in [2.05, 4.69) is 50.1 Å². The second kappa shape index (κ2) is 6.10. The van der Waals surface area contributed by atoms with E-state index in [4.69, 9.17) is 0 Å². The molecule has 0 bridgehead atoms. The van der Waals surface area contributed by atoms with Crippen LogP contribution in [-0.4, -0.2) is 17.7 Å². The molecule has 1 aliphatic rings. The maximum absolute atomic E-state index is 13.3. The van der Waals surface area contributed by atoms with Gasteiger partial charge in [-0.2, -0.15) is 0 Å². The lowest BCUT2D eigenvalue weighted by molar-refractivity contribution is 0.372. The van der Waals surface area contributed by atoms with Crippen LogP contribution in [0.25, 0.3) is 22.0 Å². The van der Waals surface area contributed by atoms with Gasteiger partial charge < -0.3 is 9.88 Å². The minimum atomic E-state index is -0.202. The van der Waals surface area contributed by atoms with E-state index in [0.717, 1.165) is 41.7 Å². The predicted molar refractivity (Wildman–Crippen MR) is 96.2 cm³/mol. The van der Waals surface area contributed by atoms with Gasteiger partial charge in [0.25, 0.3) is 0 Å². The summed E-state index contributed by atoms with van der Waals surface area (Å²) in [5.74, 6) is -0.202. The molecule has 1 aromatic heterocycles. The highest BCUT2D eigenvalue weighted by Gasteiger charge is 2.23. The molecule has 3 aromatic rings. The summed E-state index contributed by atoms with van der Waals surface area (Å²) in [6.07, 6.45) is 2.25. The first-order chi connectivity index (χ1) is 11.3. The molecule has 1 saturated heterocycles. The van der Waals surface area contributed by atoms with Crippen LogP contribution >= 0.6 is 15.9 Å². The Kier molecular flexibility index (Phi) is 3.95. The van der Waals surface area contributed by atoms with Gasteiger partial charge in [0, 0.05) is 22.5 Å². The van der Waals surface area contributed by atoms with Crippen molar-refractivity contribution in [2.75, 3.05) is 13.1 Å². The molecule has 1 fully saturated rings. The highest BCUT2D eigenvalue weighted by atomic mass is 79.9. The molecule has 1 aliphatic heterocycles. The van der Waals surface area contributed by atoms with Gasteiger partial charge >= 0.3 is 0 Å². The van der Waals surface area contributed by atoms with E-state index in [1.165, 1.54) is 23.0 Å². The zero-order valence-electron chi connectivity index (χ0n) is 12.7. The SMILES string of the molecule is Fc1ccc(-c2c(Br)n(C3CCNCC3)c3ccccc23)cc1. The van der Waals surface area contributed by atoms with Gasteiger partial charge in [0.05, 0.1) is 4.60 Å². The number of fused-ring (bicyclic) bond motifs is 1. The highest BCUT2D eigenvalue weighted by Crippen LogP contribution is 2.41. The van der Waals surface area contributed by atoms with Gasteiger partial charge in [0.1, 0.15) is 5.82 Å². The molecule has 0 spiro atoms. The van der Waals surface area contributed by atoms with Crippen molar-refractivity contribution >= 4 is 26.8 Å². The molecule has 0 saturated carbocycles. The Morgan fingerprint density at radius 3 is 2.43 bits per heavy atom. The van der Waals surface area contributed by atoms with Crippen molar-refractivity contribution in [2.45, 2.75) is 18.9 Å². The van der Waals surface area contributed by atoms with Crippen molar-refractivity contribution in [2.24, 2.45) is 0 Å². The molecule has 0 radical (unpaired) electrons. The minimum absolute atomic E-state index is 0.202. The number of hydrogen-bond donors (Lipinski definition) is 1. The molecule has 23 heavy (non-hydrogen) atoms. The summed E-state index contributed by atoms with van der Waals surface area (Å²) in [7, 11) is 0. The van der Waals surface area contributed by atoms with Gasteiger partial charge in [-0.25, -0.2) is 4.39 Å². The number of rotatable bonds is 2. The van der Waals surface area contributed by atoms with Crippen LogP contribution in [0.1, 0.15) is 18.9 Å². The van der Waals surface area contributed by atoms with Crippen LogP contribution in [0.4, 0.5) is 4.39 Å². The summed E-state index contributed by atoms with van der Waals surface area (Å²) in [4.78, 5) is 0. The van der Waals surface area contributed by atoms with E-state index < -0.39 is 0 Å². The van der Waals surface area contributed by atoms with Crippen molar-refractivity contribution in [1.82, 2.24) is 9.88 Å². The molecule has 1 N–H and O–H groups in total. The quantitative estimate of drug-likeness (QED) is 0.659. The Labute approximate surface area is 143 Å². The number of nitrogens with zero attached hydrogens (tertiary/aromatic N) is 1. The minimum Gasteiger partial charge on any atom is -0.332 e. The summed E-state index contributed by atoms with van der Waals surface area (Å²) in [5, 5.41) is 4.64. The van der Waals surface area contributed by atoms with Crippen LogP contribution in [-0.2, 0) is 0 Å². The lowest BCUT2D eigenvalue weighted by Crippen LogP contribution is -2.29. The maximum Gasteiger partial charge on any atom is 0.123 e. The van der Waals surface area contributed by atoms with Gasteiger partial charge in [-0.05, 0) is 65.6 Å². The summed E-state index contributed by atoms with van der Waals surface area (Å²) < 4.78 is 16.8. The molecule has 2 aromatic carbocycles. The van der Waals surface area contributed by atoms with E-state index in [1.807, 2.05) is 12.1 Å². The number of nitrogens with one attached hydrogen (secondary N) is 1. The van der Waals surface area contributed by atoms with E-state index in [9.17, 15) is 4.39 Å². The fourth-order valence-corrected chi connectivity index (χ4v) is 4.47. The first-order valence-corrected chi connectivity index (χ1v) is 8.80. The number of para-hydroxylation sites is 1. The molecule has 0 atom stereocenters. The average molecular weight is 373 g/mol. The molecule has 2 nitrogen and oxygen atoms in total. The number of benzene rings is 2. The van der Waals surface area contributed by atoms with E-state index >= 15 is 0 Å². The fraction of sp³-hybridized carbons (Fsp3) is 0.263. The third-order valence-electron chi connectivity index (χ3n) is 4.66. The topological polar surface area (TPSA) is 17.0 Å². The van der Waals surface area contributed by atoms with Crippen LogP contribution in [0.5, 0.6) is 0 Å². The standard InChI is InChI=1S/C19H18BrFN2/c20-19-18(13-5-7-14(21)8-6-13)16-3-1-2-4-17(16)23(19)15-9-11-22-12-10-15/h1-8,15,22H,9-12H2. The van der Waals surface area contributed by atoms with E-state index in [-0.39, 0.29) is 5.82 Å². The third kappa shape index (κ3) is 2.60. The first-order valence-electron chi connectivity index (χ1n) is 8.01. The predicted octanol–water partition coefficient (Wildman–Crippen LogP) is 5.13. The summed E-state index contributed by atoms with van der Waals surface area (Å²) in [6.45, 7) is 2.10. The molecule has 0 aliphatic carbocycles. The fourth-order valence-electron chi connectivity index (χ4n) is 3.55. The van der Waals surface area contributed by atoms with Crippen LogP contribution in [0, 0.1) is 5.82 Å². The largest absolute Gasteiger partial charge is 0.332 e. The van der Waals surface area contributed by atoms with Crippen LogP contribution in [0.2, 0.25) is 0 Å². The normalized spacial score (nSPS) is 16.1. The Bertz CT molecular complexity index is 832. The third-order valence-corrected chi connectivity index (χ3v) is 5.44. The molecule has 4 heteroatoms. The number of halogens is 2. The summed E-state index contributed by atoms with van der Waals surface area (Å²) in [6, 6.07) is 15.7. The van der Waals surface area contributed by atoms with Gasteiger partial charge in [0.15, 0.2) is 0 Å². The highest BCUT2D eigenvalue weighted by molar-refractivity contribution is 9.10. The molecule has 118 valence electrons. The van der Waals surface area contributed by atoms with Crippen LogP contribution in [0.3, 0.4) is 0 Å². The smallest absolute Gasteiger partial charge is 0.123 e. The zero-order valence-corrected chi connectivity index (χ0v) is 14.3. The summed E-state index contributed by atoms with van der Waals surface area (Å²) in [5.41, 5.74) is 3.44. The lowest BCUT2D eigenvalue weighted by atomic mass is 10.1. The van der Waals surface area contributed by atoms with Crippen molar-refractivity contribution in [3.05, 3.63) is 59.0 Å². The molecule has 4 rings (SSSR count). The molecule has 0 unspecified atom stereocenters. The Balaban J connectivity index is 1.94. The van der Waals surface area contributed by atoms with Crippen molar-refractivity contribution in [3.63, 3.8) is 0 Å². The van der Waals surface area contributed by atoms with Crippen molar-refractivity contribution in [1.29, 1.82) is 0 Å². The summed E-state index contributed by atoms with van der Waals surface area (Å²) >= 11 is 3.83. The number of aromatic nitrogens is 1. The average Bonchev–Trinajstić information content (AvgIpc) is 2.88. The lowest BCUT2D eigenvalue weighted by Gasteiger charge is -2.26. The molecule has 2 heterocycles. The second-order valence-electron chi connectivity index (χ2n) is 6.04. The van der Waals surface area contributed by atoms with E-state index in [0.29, 0.717) is 6.04 Å². The van der Waals surface area contributed by atoms with Gasteiger partial charge in [0.2, 0.25) is 0 Å². The van der Waals surface area contributed by atoms with E-state index in [1.54, 1.807) is 0 Å². The van der Waals surface area contributed by atoms with Crippen LogP contribution < -0.4 is 5.32 Å². The zero-order chi connectivity index (χ0) is 15.8. The van der Waals surface area contributed by atoms with Crippen molar-refractivity contribution in [3.8, 4) is 11.1 Å². The molecular formula is C19H18BrFN2. The monoisotopic (exact) mass is 372 g/mol. The Hall–Kier alpha value is -1.65. The Morgan fingerprint density at radius 1 is 1.00 bits per heavy atom. The molecular weight excluding hydrogens is 355 g/mol. The van der Waals surface area contributed by atoms with Gasteiger partial charge in [-0.15, -0.1) is 0 Å². The Morgan fingerprint density at radius 2 is 1.70 bits per heavy atom. The van der Waals surface area contributed by atoms with Gasteiger partial charge in [-0.1, -0.05) is 30.3 Å². The maximum atomic E-state index is 13.3.